The third-order valence-electron chi connectivity index (χ3n) is 5.51. The lowest BCUT2D eigenvalue weighted by molar-refractivity contribution is -0.0964. The molecule has 4 rings (SSSR count). The van der Waals surface area contributed by atoms with Crippen molar-refractivity contribution in [1.82, 2.24) is 14.5 Å². The van der Waals surface area contributed by atoms with E-state index in [-0.39, 0.29) is 23.0 Å². The van der Waals surface area contributed by atoms with Gasteiger partial charge >= 0.3 is 5.57 Å². The molecule has 1 fully saturated rings. The van der Waals surface area contributed by atoms with Crippen molar-refractivity contribution in [2.75, 3.05) is 30.4 Å². The summed E-state index contributed by atoms with van der Waals surface area (Å²) < 4.78 is 36.6. The van der Waals surface area contributed by atoms with E-state index in [1.54, 1.807) is 20.2 Å². The standard InChI is InChI=1S/C23H22ClF2N5O4/c1-30-13-28-19(10-20(30)32)18-9-14(11-27-21(18)31-8-7-17(12-31)34-2)22(33)29-15-3-5-16(6-4-15)35-23(24,25)26/h3-6,9-11,13,17H,7-8,12H2,1-2H3,(H,29,33)/t17-/m1/s1. The summed E-state index contributed by atoms with van der Waals surface area (Å²) in [4.78, 5) is 36.1. The summed E-state index contributed by atoms with van der Waals surface area (Å²) in [5.41, 5.74) is -2.60. The van der Waals surface area contributed by atoms with Crippen molar-refractivity contribution in [3.63, 3.8) is 0 Å². The molecule has 0 bridgehead atoms. The van der Waals surface area contributed by atoms with E-state index in [1.165, 1.54) is 47.4 Å². The van der Waals surface area contributed by atoms with E-state index in [2.05, 4.69) is 20.0 Å². The molecule has 1 aromatic carbocycles. The monoisotopic (exact) mass is 505 g/mol. The molecule has 12 heteroatoms. The van der Waals surface area contributed by atoms with E-state index in [0.29, 0.717) is 35.9 Å². The second-order valence-electron chi connectivity index (χ2n) is 7.94. The number of hydrogen-bond acceptors (Lipinski definition) is 7. The first-order chi connectivity index (χ1) is 16.6. The number of halogens is 3. The number of alkyl halides is 3. The number of aromatic nitrogens is 3. The van der Waals surface area contributed by atoms with Gasteiger partial charge in [-0.2, -0.15) is 0 Å². The number of nitrogens with one attached hydrogen (secondary N) is 1. The highest BCUT2D eigenvalue weighted by molar-refractivity contribution is 6.20. The Balaban J connectivity index is 1.62. The van der Waals surface area contributed by atoms with Crippen molar-refractivity contribution >= 4 is 29.0 Å². The molecule has 1 atom stereocenters. The first-order valence-electron chi connectivity index (χ1n) is 10.6. The molecule has 0 saturated carbocycles. The molecule has 1 aliphatic heterocycles. The van der Waals surface area contributed by atoms with Crippen molar-refractivity contribution in [2.45, 2.75) is 18.1 Å². The highest BCUT2D eigenvalue weighted by Gasteiger charge is 2.28. The van der Waals surface area contributed by atoms with Crippen LogP contribution in [-0.2, 0) is 11.8 Å². The van der Waals surface area contributed by atoms with Gasteiger partial charge in [0.15, 0.2) is 0 Å². The van der Waals surface area contributed by atoms with E-state index in [4.69, 9.17) is 16.3 Å². The van der Waals surface area contributed by atoms with Crippen LogP contribution in [0.2, 0.25) is 0 Å². The van der Waals surface area contributed by atoms with Crippen LogP contribution in [0.25, 0.3) is 11.3 Å². The molecule has 35 heavy (non-hydrogen) atoms. The summed E-state index contributed by atoms with van der Waals surface area (Å²) in [7, 11) is 3.24. The van der Waals surface area contributed by atoms with Crippen molar-refractivity contribution in [2.24, 2.45) is 7.05 Å². The van der Waals surface area contributed by atoms with Crippen molar-refractivity contribution in [1.29, 1.82) is 0 Å². The molecule has 1 N–H and O–H groups in total. The van der Waals surface area contributed by atoms with Gasteiger partial charge in [0.25, 0.3) is 11.5 Å². The minimum absolute atomic E-state index is 0.0509. The number of ether oxygens (including phenoxy) is 2. The molecule has 0 radical (unpaired) electrons. The predicted octanol–water partition coefficient (Wildman–Crippen LogP) is 3.49. The lowest BCUT2D eigenvalue weighted by Crippen LogP contribution is -2.25. The number of carbonyl (C=O) groups excluding carboxylic acids is 1. The highest BCUT2D eigenvalue weighted by Crippen LogP contribution is 2.31. The van der Waals surface area contributed by atoms with Gasteiger partial charge in [0.05, 0.1) is 23.7 Å². The Labute approximate surface area is 204 Å². The molecular formula is C23H22ClF2N5O4. The van der Waals surface area contributed by atoms with Crippen LogP contribution in [0.3, 0.4) is 0 Å². The van der Waals surface area contributed by atoms with Crippen LogP contribution in [0.4, 0.5) is 20.3 Å². The van der Waals surface area contributed by atoms with Gasteiger partial charge in [-0.15, -0.1) is 8.78 Å². The van der Waals surface area contributed by atoms with Crippen LogP contribution in [0.15, 0.2) is 53.7 Å². The number of methoxy groups -OCH3 is 1. The molecule has 1 aliphatic rings. The Kier molecular flexibility index (Phi) is 6.99. The smallest absolute Gasteiger partial charge is 0.420 e. The molecule has 0 spiro atoms. The second kappa shape index (κ2) is 9.96. The molecular weight excluding hydrogens is 484 g/mol. The Morgan fingerprint density at radius 1 is 1.23 bits per heavy atom. The summed E-state index contributed by atoms with van der Waals surface area (Å²) in [6, 6.07) is 8.30. The van der Waals surface area contributed by atoms with Crippen molar-refractivity contribution < 1.29 is 23.0 Å². The molecule has 184 valence electrons. The number of amides is 1. The van der Waals surface area contributed by atoms with Gasteiger partial charge in [0, 0.05) is 62.4 Å². The summed E-state index contributed by atoms with van der Waals surface area (Å²) in [6.07, 6.45) is 3.71. The zero-order valence-electron chi connectivity index (χ0n) is 18.9. The molecule has 3 heterocycles. The van der Waals surface area contributed by atoms with Crippen LogP contribution in [0.5, 0.6) is 5.75 Å². The lowest BCUT2D eigenvalue weighted by Gasteiger charge is -2.21. The molecule has 0 aliphatic carbocycles. The van der Waals surface area contributed by atoms with E-state index in [1.807, 2.05) is 4.90 Å². The topological polar surface area (TPSA) is 98.6 Å². The Hall–Kier alpha value is -3.57. The van der Waals surface area contributed by atoms with Gasteiger partial charge in [-0.05, 0) is 36.8 Å². The molecule has 2 aromatic heterocycles. The average Bonchev–Trinajstić information content (AvgIpc) is 3.30. The number of aryl methyl sites for hydroxylation is 1. The average molecular weight is 506 g/mol. The van der Waals surface area contributed by atoms with Crippen molar-refractivity contribution in [3.05, 3.63) is 64.8 Å². The fraction of sp³-hybridized carbons (Fsp3) is 0.304. The Morgan fingerprint density at radius 2 is 1.97 bits per heavy atom. The molecule has 3 aromatic rings. The minimum atomic E-state index is -3.83. The highest BCUT2D eigenvalue weighted by atomic mass is 35.5. The lowest BCUT2D eigenvalue weighted by atomic mass is 10.1. The van der Waals surface area contributed by atoms with Crippen LogP contribution in [0.1, 0.15) is 16.8 Å². The van der Waals surface area contributed by atoms with Crippen molar-refractivity contribution in [3.8, 4) is 17.0 Å². The van der Waals surface area contributed by atoms with Gasteiger partial charge in [-0.3, -0.25) is 9.59 Å². The largest absolute Gasteiger partial charge is 0.487 e. The van der Waals surface area contributed by atoms with Crippen LogP contribution in [0, 0.1) is 0 Å². The van der Waals surface area contributed by atoms with Gasteiger partial charge < -0.3 is 24.3 Å². The number of anilines is 2. The summed E-state index contributed by atoms with van der Waals surface area (Å²) in [6.45, 7) is 1.31. The molecule has 0 unspecified atom stereocenters. The van der Waals surface area contributed by atoms with E-state index in [0.717, 1.165) is 6.42 Å². The summed E-state index contributed by atoms with van der Waals surface area (Å²) in [5.74, 6) is -0.0555. The maximum Gasteiger partial charge on any atom is 0.487 e. The maximum atomic E-state index is 12.9. The van der Waals surface area contributed by atoms with Crippen LogP contribution in [-0.4, -0.2) is 52.3 Å². The number of pyridine rings is 1. The number of nitrogens with zero attached hydrogens (tertiary/aromatic N) is 4. The third kappa shape index (κ3) is 5.92. The number of benzene rings is 1. The number of hydrogen-bond donors (Lipinski definition) is 1. The van der Waals surface area contributed by atoms with E-state index in [9.17, 15) is 18.4 Å². The minimum Gasteiger partial charge on any atom is -0.420 e. The van der Waals surface area contributed by atoms with E-state index >= 15 is 0 Å². The maximum absolute atomic E-state index is 12.9. The van der Waals surface area contributed by atoms with E-state index < -0.39 is 11.5 Å². The zero-order valence-corrected chi connectivity index (χ0v) is 19.6. The molecule has 1 amide bonds. The first-order valence-corrected chi connectivity index (χ1v) is 11.0. The SMILES string of the molecule is CO[C@@H]1CCN(c2ncc(C(=O)Nc3ccc(OC(F)(F)Cl)cc3)cc2-c2cc(=O)n(C)cn2)C1. The summed E-state index contributed by atoms with van der Waals surface area (Å²) >= 11 is 4.76. The molecule has 1 saturated heterocycles. The normalized spacial score (nSPS) is 15.8. The van der Waals surface area contributed by atoms with Gasteiger partial charge in [-0.1, -0.05) is 0 Å². The number of carbonyl (C=O) groups is 1. The Morgan fingerprint density at radius 3 is 2.60 bits per heavy atom. The Bertz CT molecular complexity index is 1280. The van der Waals surface area contributed by atoms with Gasteiger partial charge in [0.1, 0.15) is 11.6 Å². The summed E-state index contributed by atoms with van der Waals surface area (Å²) in [5, 5.41) is 2.68. The first kappa shape index (κ1) is 24.6. The zero-order chi connectivity index (χ0) is 25.2. The van der Waals surface area contributed by atoms with Gasteiger partial charge in [0.2, 0.25) is 0 Å². The fourth-order valence-corrected chi connectivity index (χ4v) is 3.78. The van der Waals surface area contributed by atoms with Gasteiger partial charge in [-0.25, -0.2) is 9.97 Å². The van der Waals surface area contributed by atoms with Crippen LogP contribution < -0.4 is 20.5 Å². The quantitative estimate of drug-likeness (QED) is 0.491. The molecule has 9 nitrogen and oxygen atoms in total. The fourth-order valence-electron chi connectivity index (χ4n) is 3.69. The predicted molar refractivity (Wildman–Crippen MR) is 126 cm³/mol. The van der Waals surface area contributed by atoms with Crippen LogP contribution >= 0.6 is 11.6 Å². The number of rotatable bonds is 7. The third-order valence-corrected chi connectivity index (χ3v) is 5.58. The second-order valence-corrected chi connectivity index (χ2v) is 8.38.